The van der Waals surface area contributed by atoms with Gasteiger partial charge < -0.3 is 9.84 Å². The van der Waals surface area contributed by atoms with E-state index in [2.05, 4.69) is 50.8 Å². The molecule has 3 nitrogen and oxygen atoms in total. The molecule has 0 amide bonds. The van der Waals surface area contributed by atoms with E-state index in [1.54, 1.807) is 0 Å². The first-order valence-corrected chi connectivity index (χ1v) is 7.89. The Hall–Kier alpha value is -0.900. The van der Waals surface area contributed by atoms with Crippen molar-refractivity contribution in [1.29, 1.82) is 0 Å². The van der Waals surface area contributed by atoms with Crippen molar-refractivity contribution < 1.29 is 9.84 Å². The fourth-order valence-electron chi connectivity index (χ4n) is 2.33. The fraction of sp³-hybridized carbons (Fsp3) is 0.667. The van der Waals surface area contributed by atoms with Crippen LogP contribution in [0.4, 0.5) is 0 Å². The van der Waals surface area contributed by atoms with E-state index in [0.717, 1.165) is 6.54 Å². The normalized spacial score (nSPS) is 13.4. The molecule has 1 atom stereocenters. The van der Waals surface area contributed by atoms with Crippen molar-refractivity contribution in [2.45, 2.75) is 66.3 Å². The van der Waals surface area contributed by atoms with Crippen LogP contribution in [0, 0.1) is 13.8 Å². The summed E-state index contributed by atoms with van der Waals surface area (Å²) in [5.41, 5.74) is 3.93. The Bertz CT molecular complexity index is 429. The Kier molecular flexibility index (Phi) is 7.36. The third kappa shape index (κ3) is 6.60. The monoisotopic (exact) mass is 293 g/mol. The minimum absolute atomic E-state index is 0.159. The van der Waals surface area contributed by atoms with E-state index in [9.17, 15) is 5.11 Å². The minimum Gasteiger partial charge on any atom is -0.389 e. The first-order valence-electron chi connectivity index (χ1n) is 7.89. The Morgan fingerprint density at radius 3 is 2.33 bits per heavy atom. The Morgan fingerprint density at radius 2 is 1.81 bits per heavy atom. The van der Waals surface area contributed by atoms with E-state index in [-0.39, 0.29) is 6.10 Å². The summed E-state index contributed by atoms with van der Waals surface area (Å²) in [7, 11) is 0. The number of nitrogens with zero attached hydrogens (tertiary/aromatic N) is 1. The van der Waals surface area contributed by atoms with Gasteiger partial charge in [-0.1, -0.05) is 23.8 Å². The van der Waals surface area contributed by atoms with Gasteiger partial charge in [0.05, 0.1) is 18.8 Å². The predicted octanol–water partition coefficient (Wildman–Crippen LogP) is 3.30. The molecule has 0 fully saturated rings. The van der Waals surface area contributed by atoms with Crippen LogP contribution >= 0.6 is 0 Å². The third-order valence-electron chi connectivity index (χ3n) is 3.67. The van der Waals surface area contributed by atoms with E-state index in [4.69, 9.17) is 4.74 Å². The topological polar surface area (TPSA) is 32.7 Å². The molecule has 0 bridgehead atoms. The molecule has 1 aromatic rings. The highest BCUT2D eigenvalue weighted by atomic mass is 16.5. The summed E-state index contributed by atoms with van der Waals surface area (Å²) in [5, 5.41) is 10.1. The Labute approximate surface area is 129 Å². The van der Waals surface area contributed by atoms with Crippen LogP contribution in [-0.2, 0) is 11.3 Å². The zero-order valence-electron chi connectivity index (χ0n) is 14.4. The molecule has 0 aromatic heterocycles. The Morgan fingerprint density at radius 1 is 1.14 bits per heavy atom. The molecule has 0 heterocycles. The molecule has 1 rings (SSSR count). The highest BCUT2D eigenvalue weighted by molar-refractivity contribution is 5.30. The lowest BCUT2D eigenvalue weighted by Crippen LogP contribution is -2.39. The first-order chi connectivity index (χ1) is 9.79. The minimum atomic E-state index is -0.444. The summed E-state index contributed by atoms with van der Waals surface area (Å²) in [6, 6.07) is 6.95. The number of aliphatic hydroxyl groups excluding tert-OH is 1. The van der Waals surface area contributed by atoms with Crippen molar-refractivity contribution in [1.82, 2.24) is 4.90 Å². The second-order valence-electron chi connectivity index (χ2n) is 6.49. The second kappa shape index (κ2) is 8.52. The quantitative estimate of drug-likeness (QED) is 0.798. The number of hydrogen-bond acceptors (Lipinski definition) is 3. The Balaban J connectivity index is 2.65. The van der Waals surface area contributed by atoms with Gasteiger partial charge >= 0.3 is 0 Å². The molecule has 0 aliphatic heterocycles. The zero-order chi connectivity index (χ0) is 16.0. The van der Waals surface area contributed by atoms with Gasteiger partial charge in [0.25, 0.3) is 0 Å². The summed E-state index contributed by atoms with van der Waals surface area (Å²) in [4.78, 5) is 2.30. The van der Waals surface area contributed by atoms with Crippen LogP contribution < -0.4 is 0 Å². The number of aliphatic hydroxyl groups is 1. The SMILES string of the molecule is Cc1ccc(CN(C[C@@H](O)COC(C)C)C(C)C)c(C)c1. The van der Waals surface area contributed by atoms with Crippen LogP contribution in [0.15, 0.2) is 18.2 Å². The molecule has 0 unspecified atom stereocenters. The maximum Gasteiger partial charge on any atom is 0.0900 e. The summed E-state index contributed by atoms with van der Waals surface area (Å²) in [6.07, 6.45) is -0.285. The molecule has 0 radical (unpaired) electrons. The molecular weight excluding hydrogens is 262 g/mol. The molecule has 0 spiro atoms. The van der Waals surface area contributed by atoms with Gasteiger partial charge in [-0.3, -0.25) is 4.90 Å². The molecule has 0 saturated heterocycles. The van der Waals surface area contributed by atoms with Crippen molar-refractivity contribution in [2.75, 3.05) is 13.2 Å². The molecular formula is C18H31NO2. The number of aryl methyl sites for hydroxylation is 2. The number of benzene rings is 1. The first kappa shape index (κ1) is 18.1. The van der Waals surface area contributed by atoms with Crippen LogP contribution in [0.1, 0.15) is 44.4 Å². The largest absolute Gasteiger partial charge is 0.389 e. The third-order valence-corrected chi connectivity index (χ3v) is 3.67. The van der Waals surface area contributed by atoms with Crippen LogP contribution in [0.2, 0.25) is 0 Å². The van der Waals surface area contributed by atoms with Crippen LogP contribution in [-0.4, -0.2) is 41.4 Å². The number of ether oxygens (including phenoxy) is 1. The lowest BCUT2D eigenvalue weighted by Gasteiger charge is -2.29. The molecule has 3 heteroatoms. The van der Waals surface area contributed by atoms with Crippen LogP contribution in [0.5, 0.6) is 0 Å². The molecule has 0 aliphatic carbocycles. The van der Waals surface area contributed by atoms with Gasteiger partial charge in [0.2, 0.25) is 0 Å². The van der Waals surface area contributed by atoms with E-state index >= 15 is 0 Å². The maximum absolute atomic E-state index is 10.1. The lowest BCUT2D eigenvalue weighted by atomic mass is 10.0. The van der Waals surface area contributed by atoms with E-state index in [0.29, 0.717) is 19.2 Å². The van der Waals surface area contributed by atoms with Crippen LogP contribution in [0.25, 0.3) is 0 Å². The summed E-state index contributed by atoms with van der Waals surface area (Å²) in [5.74, 6) is 0. The molecule has 21 heavy (non-hydrogen) atoms. The highest BCUT2D eigenvalue weighted by Gasteiger charge is 2.16. The maximum atomic E-state index is 10.1. The fourth-order valence-corrected chi connectivity index (χ4v) is 2.33. The van der Waals surface area contributed by atoms with Crippen LogP contribution in [0.3, 0.4) is 0 Å². The average Bonchev–Trinajstić information content (AvgIpc) is 2.38. The standard InChI is InChI=1S/C18H31NO2/c1-13(2)19(11-18(20)12-21-14(3)4)10-17-8-7-15(5)9-16(17)6/h7-9,13-14,18,20H,10-12H2,1-6H3/t18-/m1/s1. The molecule has 120 valence electrons. The smallest absolute Gasteiger partial charge is 0.0900 e. The number of hydrogen-bond donors (Lipinski definition) is 1. The van der Waals surface area contributed by atoms with E-state index in [1.165, 1.54) is 16.7 Å². The zero-order valence-corrected chi connectivity index (χ0v) is 14.4. The van der Waals surface area contributed by atoms with E-state index < -0.39 is 6.10 Å². The molecule has 0 saturated carbocycles. The van der Waals surface area contributed by atoms with Crippen molar-refractivity contribution in [3.63, 3.8) is 0 Å². The molecule has 1 N–H and O–H groups in total. The van der Waals surface area contributed by atoms with Crippen molar-refractivity contribution in [3.8, 4) is 0 Å². The van der Waals surface area contributed by atoms with Gasteiger partial charge in [-0.15, -0.1) is 0 Å². The second-order valence-corrected chi connectivity index (χ2v) is 6.49. The number of rotatable bonds is 8. The highest BCUT2D eigenvalue weighted by Crippen LogP contribution is 2.15. The lowest BCUT2D eigenvalue weighted by molar-refractivity contribution is -0.0136. The molecule has 0 aliphatic rings. The van der Waals surface area contributed by atoms with Crippen molar-refractivity contribution >= 4 is 0 Å². The average molecular weight is 293 g/mol. The van der Waals surface area contributed by atoms with E-state index in [1.807, 2.05) is 13.8 Å². The van der Waals surface area contributed by atoms with Gasteiger partial charge in [0, 0.05) is 19.1 Å². The summed E-state index contributed by atoms with van der Waals surface area (Å²) in [6.45, 7) is 14.5. The van der Waals surface area contributed by atoms with Gasteiger partial charge in [0.1, 0.15) is 0 Å². The summed E-state index contributed by atoms with van der Waals surface area (Å²) < 4.78 is 5.50. The van der Waals surface area contributed by atoms with Gasteiger partial charge in [-0.25, -0.2) is 0 Å². The van der Waals surface area contributed by atoms with Gasteiger partial charge in [-0.2, -0.15) is 0 Å². The predicted molar refractivity (Wildman–Crippen MR) is 88.6 cm³/mol. The van der Waals surface area contributed by atoms with Crippen molar-refractivity contribution in [2.24, 2.45) is 0 Å². The van der Waals surface area contributed by atoms with Gasteiger partial charge in [0.15, 0.2) is 0 Å². The summed E-state index contributed by atoms with van der Waals surface area (Å²) >= 11 is 0. The van der Waals surface area contributed by atoms with Gasteiger partial charge in [-0.05, 0) is 52.7 Å². The molecule has 1 aromatic carbocycles. The van der Waals surface area contributed by atoms with Crippen molar-refractivity contribution in [3.05, 3.63) is 34.9 Å².